The Hall–Kier alpha value is -7.83. The molecule has 57 heavy (non-hydrogen) atoms. The molecule has 6 nitrogen and oxygen atoms in total. The highest BCUT2D eigenvalue weighted by molar-refractivity contribution is 6.19. The Labute approximate surface area is 347 Å². The van der Waals surface area contributed by atoms with Gasteiger partial charge in [-0.3, -0.25) is 0 Å². The van der Waals surface area contributed by atoms with E-state index in [-0.39, 0.29) is 49.3 Å². The third-order valence-corrected chi connectivity index (χ3v) is 10.1. The molecule has 0 fully saturated rings. The molecular formula is C51H31N5O. The van der Waals surface area contributed by atoms with E-state index in [1.807, 2.05) is 66.7 Å². The quantitative estimate of drug-likeness (QED) is 0.176. The van der Waals surface area contributed by atoms with Crippen molar-refractivity contribution in [3.05, 3.63) is 188 Å². The lowest BCUT2D eigenvalue weighted by molar-refractivity contribution is 0.668. The highest BCUT2D eigenvalue weighted by atomic mass is 16.3. The minimum atomic E-state index is -0.760. The van der Waals surface area contributed by atoms with Gasteiger partial charge in [-0.2, -0.15) is 0 Å². The summed E-state index contributed by atoms with van der Waals surface area (Å²) in [6, 6.07) is 19.7. The summed E-state index contributed by atoms with van der Waals surface area (Å²) < 4.78 is 144. The first-order valence-electron chi connectivity index (χ1n) is 25.4. The molecule has 0 aliphatic heterocycles. The predicted octanol–water partition coefficient (Wildman–Crippen LogP) is 13.0. The third-order valence-electron chi connectivity index (χ3n) is 10.1. The summed E-state index contributed by atoms with van der Waals surface area (Å²) >= 11 is 0. The van der Waals surface area contributed by atoms with Gasteiger partial charge in [-0.1, -0.05) is 127 Å². The van der Waals surface area contributed by atoms with Crippen molar-refractivity contribution < 1.29 is 25.0 Å². The van der Waals surface area contributed by atoms with Crippen molar-refractivity contribution in [1.29, 1.82) is 0 Å². The Morgan fingerprint density at radius 3 is 1.65 bits per heavy atom. The van der Waals surface area contributed by atoms with Crippen molar-refractivity contribution >= 4 is 65.6 Å². The largest absolute Gasteiger partial charge is 0.456 e. The monoisotopic (exact) mass is 744 g/mol. The van der Waals surface area contributed by atoms with Gasteiger partial charge in [-0.05, 0) is 54.5 Å². The van der Waals surface area contributed by atoms with Gasteiger partial charge in [-0.15, -0.1) is 0 Å². The lowest BCUT2D eigenvalue weighted by atomic mass is 10.0. The molecule has 8 aromatic carbocycles. The molecule has 0 amide bonds. The number of hydrogen-bond acceptors (Lipinski definition) is 4. The summed E-state index contributed by atoms with van der Waals surface area (Å²) in [6.07, 6.45) is 0. The maximum atomic E-state index is 10.1. The molecule has 0 aliphatic rings. The summed E-state index contributed by atoms with van der Waals surface area (Å²) in [5.41, 5.74) is 1.60. The Morgan fingerprint density at radius 2 is 1.00 bits per heavy atom. The minimum Gasteiger partial charge on any atom is -0.456 e. The topological polar surface area (TPSA) is 61.7 Å². The van der Waals surface area contributed by atoms with Gasteiger partial charge in [0, 0.05) is 66.4 Å². The molecule has 0 N–H and O–H groups in total. The first-order valence-corrected chi connectivity index (χ1v) is 17.9. The predicted molar refractivity (Wildman–Crippen MR) is 232 cm³/mol. The molecule has 4 aromatic heterocycles. The van der Waals surface area contributed by atoms with Gasteiger partial charge in [0.2, 0.25) is 0 Å². The Kier molecular flexibility index (Phi) is 4.37. The lowest BCUT2D eigenvalue weighted by Gasteiger charge is -2.10. The van der Waals surface area contributed by atoms with Crippen molar-refractivity contribution in [2.24, 2.45) is 0 Å². The van der Waals surface area contributed by atoms with Crippen LogP contribution in [0.1, 0.15) is 20.6 Å². The number of benzene rings is 8. The van der Waals surface area contributed by atoms with E-state index in [0.717, 1.165) is 15.7 Å². The highest BCUT2D eigenvalue weighted by Gasteiger charge is 2.21. The molecule has 266 valence electrons. The molecule has 4 heterocycles. The van der Waals surface area contributed by atoms with E-state index in [2.05, 4.69) is 0 Å². The van der Waals surface area contributed by atoms with E-state index in [0.29, 0.717) is 45.0 Å². The van der Waals surface area contributed by atoms with Crippen molar-refractivity contribution in [1.82, 2.24) is 24.1 Å². The highest BCUT2D eigenvalue weighted by Crippen LogP contribution is 2.42. The van der Waals surface area contributed by atoms with Crippen LogP contribution in [-0.4, -0.2) is 24.1 Å². The number of para-hydroxylation sites is 3. The first-order chi connectivity index (χ1) is 34.5. The molecule has 0 saturated heterocycles. The van der Waals surface area contributed by atoms with Gasteiger partial charge < -0.3 is 13.6 Å². The Bertz CT molecular complexity index is 4310. The third kappa shape index (κ3) is 4.87. The Morgan fingerprint density at radius 1 is 0.421 bits per heavy atom. The van der Waals surface area contributed by atoms with E-state index in [1.165, 1.54) is 4.57 Å². The zero-order valence-corrected chi connectivity index (χ0v) is 29.4. The van der Waals surface area contributed by atoms with E-state index in [9.17, 15) is 5.48 Å². The smallest absolute Gasteiger partial charge is 0.164 e. The second-order valence-electron chi connectivity index (χ2n) is 13.3. The van der Waals surface area contributed by atoms with Crippen LogP contribution >= 0.6 is 0 Å². The van der Waals surface area contributed by atoms with Crippen LogP contribution in [0, 0.1) is 0 Å². The minimum absolute atomic E-state index is 0.130. The number of hydrogen-bond donors (Lipinski definition) is 0. The SMILES string of the molecule is [2H]c1c([2H])c([2H])c(-n2c3c([2H])c([2H])c([2H])c([2H])c3c3c([2H])c4c5c([2H])c([2H])c([2H])c([2H])c5n(-c5ccc6c(c5)oc5cccc(-c7nc(-c8ccccc8)nc(-c8ccccc8)n7)c56)c4c([2H])c32)c([2H])c1[2H]. The van der Waals surface area contributed by atoms with Crippen molar-refractivity contribution in [3.63, 3.8) is 0 Å². The van der Waals surface area contributed by atoms with Crippen LogP contribution in [0.2, 0.25) is 0 Å². The zero-order chi connectivity index (χ0) is 50.5. The molecule has 0 unspecified atom stereocenters. The number of furan rings is 1. The number of rotatable bonds is 5. The van der Waals surface area contributed by atoms with Crippen LogP contribution in [0.5, 0.6) is 0 Å². The number of nitrogens with zero attached hydrogens (tertiary/aromatic N) is 5. The van der Waals surface area contributed by atoms with E-state index in [1.54, 1.807) is 30.3 Å². The average Bonchev–Trinajstić information content (AvgIpc) is 4.08. The van der Waals surface area contributed by atoms with Crippen LogP contribution in [-0.2, 0) is 0 Å². The molecule has 0 radical (unpaired) electrons. The summed E-state index contributed by atoms with van der Waals surface area (Å²) in [5.74, 6) is 1.25. The summed E-state index contributed by atoms with van der Waals surface area (Å²) in [4.78, 5) is 14.7. The summed E-state index contributed by atoms with van der Waals surface area (Å²) in [5, 5.41) is 0.367. The van der Waals surface area contributed by atoms with Crippen LogP contribution in [0.4, 0.5) is 0 Å². The van der Waals surface area contributed by atoms with Crippen LogP contribution < -0.4 is 0 Å². The van der Waals surface area contributed by atoms with Gasteiger partial charge in [-0.25, -0.2) is 15.0 Å². The van der Waals surface area contributed by atoms with Gasteiger partial charge in [0.15, 0.2) is 17.5 Å². The molecule has 6 heteroatoms. The zero-order valence-electron chi connectivity index (χ0n) is 44.4. The molecule has 0 aliphatic carbocycles. The molecule has 0 spiro atoms. The fraction of sp³-hybridized carbons (Fsp3) is 0. The molecule has 0 bridgehead atoms. The number of fused-ring (bicyclic) bond motifs is 9. The van der Waals surface area contributed by atoms with Gasteiger partial charge in [0.1, 0.15) is 11.2 Å². The summed E-state index contributed by atoms with van der Waals surface area (Å²) in [7, 11) is 0. The molecule has 12 aromatic rings. The molecule has 0 atom stereocenters. The van der Waals surface area contributed by atoms with Crippen molar-refractivity contribution in [3.8, 4) is 45.5 Å². The fourth-order valence-corrected chi connectivity index (χ4v) is 7.62. The van der Waals surface area contributed by atoms with Gasteiger partial charge >= 0.3 is 0 Å². The second-order valence-corrected chi connectivity index (χ2v) is 13.3. The molecular weight excluding hydrogens is 699 g/mol. The van der Waals surface area contributed by atoms with Crippen LogP contribution in [0.15, 0.2) is 192 Å². The van der Waals surface area contributed by atoms with Gasteiger partial charge in [0.05, 0.1) is 42.6 Å². The fourth-order valence-electron chi connectivity index (χ4n) is 7.62. The second kappa shape index (κ2) is 12.3. The maximum Gasteiger partial charge on any atom is 0.164 e. The first kappa shape index (κ1) is 20.2. The standard InChI is InChI=1S/C51H31N5O/c1-4-15-32(16-5-1)49-52-50(33-17-6-2-7-18-33)54-51(53-49)39-23-14-26-46-48(39)38-28-27-35(29-47(38)57-46)56-43-25-13-11-22-37(43)41-30-40-36-21-10-12-24-42(36)55(44(40)31-45(41)56)34-19-8-3-9-20-34/h1-31H/i3D,8D,9D,10D,11D,12D,13D,19D,20D,21D,22D,24D,25D,30D,31D. The average molecular weight is 745 g/mol. The molecule has 0 saturated carbocycles. The molecule has 12 rings (SSSR count). The van der Waals surface area contributed by atoms with Crippen LogP contribution in [0.3, 0.4) is 0 Å². The van der Waals surface area contributed by atoms with E-state index < -0.39 is 96.3 Å². The van der Waals surface area contributed by atoms with E-state index in [4.69, 9.17) is 34.4 Å². The number of aromatic nitrogens is 5. The normalized spacial score (nSPS) is 15.5. The van der Waals surface area contributed by atoms with Gasteiger partial charge in [0.25, 0.3) is 0 Å². The maximum absolute atomic E-state index is 10.1. The van der Waals surface area contributed by atoms with Crippen molar-refractivity contribution in [2.75, 3.05) is 0 Å². The van der Waals surface area contributed by atoms with Crippen molar-refractivity contribution in [2.45, 2.75) is 0 Å². The van der Waals surface area contributed by atoms with E-state index >= 15 is 0 Å². The summed E-state index contributed by atoms with van der Waals surface area (Å²) in [6.45, 7) is 0. The van der Waals surface area contributed by atoms with Crippen LogP contribution in [0.25, 0.3) is 111 Å². The Balaban J connectivity index is 1.20. The lowest BCUT2D eigenvalue weighted by Crippen LogP contribution is -2.00.